The number of carbonyl (C=O) groups is 2. The number of carboxylic acid groups (broad SMARTS) is 1. The van der Waals surface area contributed by atoms with Gasteiger partial charge >= 0.3 is 18.3 Å². The van der Waals surface area contributed by atoms with E-state index >= 15 is 0 Å². The fourth-order valence-corrected chi connectivity index (χ4v) is 5.34. The maximum Gasteiger partial charge on any atom is 0.422 e. The Hall–Kier alpha value is -4.52. The Morgan fingerprint density at radius 1 is 0.870 bits per heavy atom. The maximum atomic E-state index is 13.1. The lowest BCUT2D eigenvalue weighted by Gasteiger charge is -2.15. The molecular weight excluding hydrogens is 634 g/mol. The molecule has 13 heteroatoms. The SMILES string of the molecule is O=C(O)CCSCc1cccc(Cc2ccc(OCC(F)(F)F)cc2-c2cc(C(=O)NCc3cccc(C(F)(F)F)c3)ccn2)c1. The first kappa shape index (κ1) is 34.4. The number of hydrogen-bond donors (Lipinski definition) is 2. The molecule has 4 aromatic rings. The van der Waals surface area contributed by atoms with Crippen LogP contribution in [-0.2, 0) is 29.7 Å². The van der Waals surface area contributed by atoms with Crippen LogP contribution in [0.4, 0.5) is 26.3 Å². The van der Waals surface area contributed by atoms with Gasteiger partial charge in [-0.25, -0.2) is 0 Å². The number of carboxylic acids is 1. The third kappa shape index (κ3) is 10.5. The molecule has 2 N–H and O–H groups in total. The van der Waals surface area contributed by atoms with E-state index in [2.05, 4.69) is 10.3 Å². The quantitative estimate of drug-likeness (QED) is 0.112. The lowest BCUT2D eigenvalue weighted by molar-refractivity contribution is -0.153. The molecule has 6 nitrogen and oxygen atoms in total. The van der Waals surface area contributed by atoms with Gasteiger partial charge in [0.25, 0.3) is 5.91 Å². The van der Waals surface area contributed by atoms with Gasteiger partial charge < -0.3 is 15.2 Å². The normalized spacial score (nSPS) is 11.7. The summed E-state index contributed by atoms with van der Waals surface area (Å²) in [5, 5.41) is 11.4. The smallest absolute Gasteiger partial charge is 0.422 e. The number of halogens is 6. The average Bonchev–Trinajstić information content (AvgIpc) is 3.01. The highest BCUT2D eigenvalue weighted by Gasteiger charge is 2.30. The lowest BCUT2D eigenvalue weighted by atomic mass is 9.96. The van der Waals surface area contributed by atoms with Gasteiger partial charge in [0.2, 0.25) is 0 Å². The summed E-state index contributed by atoms with van der Waals surface area (Å²) in [6, 6.07) is 19.5. The van der Waals surface area contributed by atoms with E-state index < -0.39 is 36.4 Å². The van der Waals surface area contributed by atoms with Crippen LogP contribution >= 0.6 is 11.8 Å². The van der Waals surface area contributed by atoms with Crippen LogP contribution in [0.25, 0.3) is 11.3 Å². The number of thioether (sulfide) groups is 1. The molecule has 4 rings (SSSR count). The molecular formula is C33H28F6N2O4S. The molecule has 0 aliphatic carbocycles. The molecule has 1 amide bonds. The van der Waals surface area contributed by atoms with Crippen molar-refractivity contribution in [2.24, 2.45) is 0 Å². The zero-order valence-corrected chi connectivity index (χ0v) is 24.9. The Morgan fingerprint density at radius 2 is 1.61 bits per heavy atom. The van der Waals surface area contributed by atoms with E-state index in [1.54, 1.807) is 6.07 Å². The minimum Gasteiger partial charge on any atom is -0.484 e. The average molecular weight is 663 g/mol. The Kier molecular flexibility index (Phi) is 11.3. The zero-order valence-electron chi connectivity index (χ0n) is 24.1. The van der Waals surface area contributed by atoms with Crippen LogP contribution in [0.15, 0.2) is 85.1 Å². The number of aliphatic carboxylic acids is 1. The number of aromatic nitrogens is 1. The van der Waals surface area contributed by atoms with Crippen LogP contribution in [0, 0.1) is 0 Å². The Labute approximate surface area is 264 Å². The van der Waals surface area contributed by atoms with Gasteiger partial charge in [-0.05, 0) is 65.1 Å². The van der Waals surface area contributed by atoms with Gasteiger partial charge in [-0.1, -0.05) is 42.5 Å². The van der Waals surface area contributed by atoms with E-state index in [0.29, 0.717) is 29.1 Å². The first-order valence-electron chi connectivity index (χ1n) is 13.9. The third-order valence-electron chi connectivity index (χ3n) is 6.60. The maximum absolute atomic E-state index is 13.1. The summed E-state index contributed by atoms with van der Waals surface area (Å²) >= 11 is 1.48. The number of ether oxygens (including phenoxy) is 1. The molecule has 3 aromatic carbocycles. The molecule has 0 saturated heterocycles. The van der Waals surface area contributed by atoms with Crippen LogP contribution < -0.4 is 10.1 Å². The van der Waals surface area contributed by atoms with Gasteiger partial charge in [0.15, 0.2) is 6.61 Å². The summed E-state index contributed by atoms with van der Waals surface area (Å²) in [6.45, 7) is -1.67. The number of hydrogen-bond acceptors (Lipinski definition) is 5. The molecule has 0 radical (unpaired) electrons. The molecule has 0 aliphatic rings. The Balaban J connectivity index is 1.57. The van der Waals surface area contributed by atoms with E-state index in [1.807, 2.05) is 24.3 Å². The number of alkyl halides is 6. The molecule has 0 atom stereocenters. The van der Waals surface area contributed by atoms with E-state index in [4.69, 9.17) is 9.84 Å². The van der Waals surface area contributed by atoms with Crippen molar-refractivity contribution in [2.75, 3.05) is 12.4 Å². The predicted octanol–water partition coefficient (Wildman–Crippen LogP) is 7.94. The summed E-state index contributed by atoms with van der Waals surface area (Å²) in [4.78, 5) is 28.1. The fraction of sp³-hybridized carbons (Fsp3) is 0.242. The van der Waals surface area contributed by atoms with E-state index in [1.165, 1.54) is 54.4 Å². The number of amides is 1. The van der Waals surface area contributed by atoms with Crippen molar-refractivity contribution in [3.8, 4) is 17.0 Å². The van der Waals surface area contributed by atoms with E-state index in [-0.39, 0.29) is 35.5 Å². The van der Waals surface area contributed by atoms with Crippen molar-refractivity contribution in [2.45, 2.75) is 37.5 Å². The van der Waals surface area contributed by atoms with Crippen molar-refractivity contribution in [1.29, 1.82) is 0 Å². The number of nitrogens with zero attached hydrogens (tertiary/aromatic N) is 1. The summed E-state index contributed by atoms with van der Waals surface area (Å²) in [5.41, 5.74) is 2.79. The Bertz CT molecular complexity index is 1680. The van der Waals surface area contributed by atoms with Crippen LogP contribution in [0.5, 0.6) is 5.75 Å². The van der Waals surface area contributed by atoms with Gasteiger partial charge in [-0.3, -0.25) is 14.6 Å². The highest BCUT2D eigenvalue weighted by atomic mass is 32.2. The summed E-state index contributed by atoms with van der Waals surface area (Å²) in [5.74, 6) is -0.459. The van der Waals surface area contributed by atoms with E-state index in [0.717, 1.165) is 23.3 Å². The van der Waals surface area contributed by atoms with E-state index in [9.17, 15) is 35.9 Å². The molecule has 0 fully saturated rings. The first-order chi connectivity index (χ1) is 21.8. The lowest BCUT2D eigenvalue weighted by Crippen LogP contribution is -2.23. The second-order valence-electron chi connectivity index (χ2n) is 10.2. The number of rotatable bonds is 13. The predicted molar refractivity (Wildman–Crippen MR) is 161 cm³/mol. The molecule has 0 aliphatic heterocycles. The number of nitrogens with one attached hydrogen (secondary N) is 1. The molecule has 0 spiro atoms. The molecule has 0 saturated carbocycles. The first-order valence-corrected chi connectivity index (χ1v) is 15.0. The second kappa shape index (κ2) is 15.2. The molecule has 0 unspecified atom stereocenters. The topological polar surface area (TPSA) is 88.5 Å². The minimum atomic E-state index is -4.56. The molecule has 242 valence electrons. The van der Waals surface area contributed by atoms with Gasteiger partial charge in [0.05, 0.1) is 17.7 Å². The van der Waals surface area contributed by atoms with Crippen molar-refractivity contribution in [3.63, 3.8) is 0 Å². The van der Waals surface area contributed by atoms with Crippen LogP contribution in [0.3, 0.4) is 0 Å². The van der Waals surface area contributed by atoms with Crippen molar-refractivity contribution < 1.29 is 45.8 Å². The summed E-state index contributed by atoms with van der Waals surface area (Å²) in [6.07, 6.45) is -7.32. The zero-order chi connectivity index (χ0) is 33.3. The van der Waals surface area contributed by atoms with Crippen molar-refractivity contribution >= 4 is 23.6 Å². The minimum absolute atomic E-state index is 0.0474. The molecule has 0 bridgehead atoms. The number of benzene rings is 3. The van der Waals surface area contributed by atoms with Gasteiger partial charge in [0, 0.05) is 35.4 Å². The number of pyridine rings is 1. The summed E-state index contributed by atoms with van der Waals surface area (Å²) in [7, 11) is 0. The largest absolute Gasteiger partial charge is 0.484 e. The number of carbonyl (C=O) groups excluding carboxylic acids is 1. The molecule has 46 heavy (non-hydrogen) atoms. The monoisotopic (exact) mass is 662 g/mol. The summed E-state index contributed by atoms with van der Waals surface area (Å²) < 4.78 is 82.8. The fourth-order valence-electron chi connectivity index (χ4n) is 4.46. The van der Waals surface area contributed by atoms with Crippen LogP contribution in [0.2, 0.25) is 0 Å². The van der Waals surface area contributed by atoms with Gasteiger partial charge in [0.1, 0.15) is 5.75 Å². The highest BCUT2D eigenvalue weighted by Crippen LogP contribution is 2.31. The Morgan fingerprint density at radius 3 is 2.35 bits per heavy atom. The van der Waals surface area contributed by atoms with Gasteiger partial charge in [-0.2, -0.15) is 38.1 Å². The third-order valence-corrected chi connectivity index (χ3v) is 7.63. The van der Waals surface area contributed by atoms with Crippen LogP contribution in [0.1, 0.15) is 44.6 Å². The molecule has 1 aromatic heterocycles. The molecule has 1 heterocycles. The highest BCUT2D eigenvalue weighted by molar-refractivity contribution is 7.98. The van der Waals surface area contributed by atoms with Crippen molar-refractivity contribution in [1.82, 2.24) is 10.3 Å². The van der Waals surface area contributed by atoms with Crippen LogP contribution in [-0.4, -0.2) is 40.5 Å². The second-order valence-corrected chi connectivity index (χ2v) is 11.3. The van der Waals surface area contributed by atoms with Gasteiger partial charge in [-0.15, -0.1) is 0 Å². The van der Waals surface area contributed by atoms with Crippen molar-refractivity contribution in [3.05, 3.63) is 118 Å². The standard InChI is InChI=1S/C33H28F6N2O4S/c34-32(35,36)20-45-27-8-7-24(14-21-3-1-5-23(13-21)19-46-12-10-30(42)43)28(17-27)29-16-25(9-11-40-29)31(44)41-18-22-4-2-6-26(15-22)33(37,38)39/h1-9,11,13,15-17H,10,12,14,18-20H2,(H,41,44)(H,42,43).